The summed E-state index contributed by atoms with van der Waals surface area (Å²) in [6.45, 7) is 5.42. The zero-order valence-corrected chi connectivity index (χ0v) is 21.5. The number of piperazine rings is 1. The molecule has 0 atom stereocenters. The summed E-state index contributed by atoms with van der Waals surface area (Å²) >= 11 is 1.78. The molecule has 38 heavy (non-hydrogen) atoms. The van der Waals surface area contributed by atoms with Gasteiger partial charge in [-0.25, -0.2) is 4.39 Å². The number of rotatable bonds is 10. The summed E-state index contributed by atoms with van der Waals surface area (Å²) < 4.78 is 46.1. The summed E-state index contributed by atoms with van der Waals surface area (Å²) in [5.74, 6) is 0.133. The molecule has 0 bridgehead atoms. The molecule has 6 nitrogen and oxygen atoms in total. The first-order valence-corrected chi connectivity index (χ1v) is 13.4. The van der Waals surface area contributed by atoms with Crippen LogP contribution in [0, 0.1) is 5.82 Å². The second-order valence-corrected chi connectivity index (χ2v) is 10.1. The molecule has 4 aromatic rings. The van der Waals surface area contributed by atoms with Crippen LogP contribution in [-0.4, -0.2) is 53.6 Å². The molecule has 0 spiro atoms. The third-order valence-corrected chi connectivity index (χ3v) is 7.43. The molecule has 3 aromatic carbocycles. The van der Waals surface area contributed by atoms with Crippen molar-refractivity contribution in [1.29, 1.82) is 0 Å². The molecule has 1 fully saturated rings. The van der Waals surface area contributed by atoms with E-state index in [9.17, 15) is 13.2 Å². The Bertz CT molecular complexity index is 1280. The van der Waals surface area contributed by atoms with Crippen LogP contribution < -0.4 is 9.21 Å². The predicted octanol–water partition coefficient (Wildman–Crippen LogP) is 6.29. The van der Waals surface area contributed by atoms with Crippen molar-refractivity contribution in [3.63, 3.8) is 0 Å². The van der Waals surface area contributed by atoms with Gasteiger partial charge in [-0.15, -0.1) is 10.2 Å². The maximum absolute atomic E-state index is 13.2. The number of hydrogen-bond donors (Lipinski definition) is 0. The normalized spacial score (nSPS) is 14.3. The Hall–Kier alpha value is -3.50. The lowest BCUT2D eigenvalue weighted by molar-refractivity contribution is 0.116. The van der Waals surface area contributed by atoms with Gasteiger partial charge in [-0.2, -0.15) is 8.78 Å². The summed E-state index contributed by atoms with van der Waals surface area (Å²) in [5.41, 5.74) is 3.86. The van der Waals surface area contributed by atoms with E-state index in [0.29, 0.717) is 12.1 Å². The number of para-hydroxylation sites is 1. The lowest BCUT2D eigenvalue weighted by atomic mass is 10.1. The van der Waals surface area contributed by atoms with Crippen LogP contribution in [0.4, 0.5) is 24.5 Å². The van der Waals surface area contributed by atoms with Crippen molar-refractivity contribution in [2.75, 3.05) is 47.7 Å². The highest BCUT2D eigenvalue weighted by atomic mass is 32.2. The van der Waals surface area contributed by atoms with Crippen molar-refractivity contribution < 1.29 is 17.6 Å². The Balaban J connectivity index is 1.16. The second kappa shape index (κ2) is 12.4. The Morgan fingerprint density at radius 2 is 1.58 bits per heavy atom. The third-order valence-electron chi connectivity index (χ3n) is 6.42. The van der Waals surface area contributed by atoms with Gasteiger partial charge in [0.25, 0.3) is 5.89 Å². The molecule has 0 saturated carbocycles. The van der Waals surface area contributed by atoms with E-state index in [2.05, 4.69) is 36.4 Å². The molecular weight excluding hydrogens is 511 g/mol. The average Bonchev–Trinajstić information content (AvgIpc) is 3.45. The lowest BCUT2D eigenvalue weighted by Crippen LogP contribution is -2.47. The molecule has 2 heterocycles. The molecule has 0 unspecified atom stereocenters. The van der Waals surface area contributed by atoms with Gasteiger partial charge in [-0.05, 0) is 66.0 Å². The van der Waals surface area contributed by atoms with Gasteiger partial charge in [-0.1, -0.05) is 30.3 Å². The maximum Gasteiger partial charge on any atom is 0.314 e. The fourth-order valence-corrected chi connectivity index (χ4v) is 5.40. The van der Waals surface area contributed by atoms with Crippen molar-refractivity contribution in [1.82, 2.24) is 15.1 Å². The molecule has 1 aliphatic heterocycles. The summed E-state index contributed by atoms with van der Waals surface area (Å²) in [6.07, 6.45) is -2.79. The van der Waals surface area contributed by atoms with Crippen LogP contribution in [0.3, 0.4) is 0 Å². The first-order valence-electron chi connectivity index (χ1n) is 12.4. The van der Waals surface area contributed by atoms with Crippen molar-refractivity contribution in [3.05, 3.63) is 96.1 Å². The van der Waals surface area contributed by atoms with Gasteiger partial charge in [0.2, 0.25) is 5.89 Å². The highest BCUT2D eigenvalue weighted by molar-refractivity contribution is 8.00. The smallest absolute Gasteiger partial charge is 0.314 e. The van der Waals surface area contributed by atoms with Gasteiger partial charge in [-0.3, -0.25) is 4.90 Å². The SMILES string of the molecule is Fc1ccc(N2CCN(CCSN(Cc3ccc(-c4nnc(C(F)F)o4)cc3)c3ccccc3)CC2)cc1. The summed E-state index contributed by atoms with van der Waals surface area (Å²) in [6, 6.07) is 24.5. The quantitative estimate of drug-likeness (QED) is 0.220. The van der Waals surface area contributed by atoms with Gasteiger partial charge < -0.3 is 13.6 Å². The minimum absolute atomic E-state index is 0.0839. The molecule has 198 valence electrons. The van der Waals surface area contributed by atoms with Crippen LogP contribution in [-0.2, 0) is 6.54 Å². The van der Waals surface area contributed by atoms with E-state index < -0.39 is 12.3 Å². The number of halogens is 3. The van der Waals surface area contributed by atoms with Gasteiger partial charge in [0.05, 0.1) is 6.54 Å². The zero-order valence-electron chi connectivity index (χ0n) is 20.7. The zero-order chi connectivity index (χ0) is 26.3. The standard InChI is InChI=1S/C28H28F3N5OS/c29-23-10-12-24(13-11-23)35-16-14-34(15-17-35)18-19-38-36(25-4-2-1-3-5-25)20-21-6-8-22(9-7-21)27-32-33-28(37-27)26(30)31/h1-13,26H,14-20H2. The molecule has 1 aliphatic rings. The molecule has 5 rings (SSSR count). The fraction of sp³-hybridized carbons (Fsp3) is 0.286. The predicted molar refractivity (Wildman–Crippen MR) is 145 cm³/mol. The van der Waals surface area contributed by atoms with Crippen molar-refractivity contribution in [3.8, 4) is 11.5 Å². The maximum atomic E-state index is 13.2. The minimum Gasteiger partial charge on any atom is -0.415 e. The Morgan fingerprint density at radius 3 is 2.24 bits per heavy atom. The topological polar surface area (TPSA) is 48.6 Å². The van der Waals surface area contributed by atoms with Crippen LogP contribution in [0.15, 0.2) is 83.3 Å². The van der Waals surface area contributed by atoms with Gasteiger partial charge >= 0.3 is 6.43 Å². The third kappa shape index (κ3) is 6.68. The monoisotopic (exact) mass is 539 g/mol. The van der Waals surface area contributed by atoms with Crippen LogP contribution in [0.1, 0.15) is 17.9 Å². The van der Waals surface area contributed by atoms with E-state index in [1.165, 1.54) is 12.1 Å². The number of hydrogen-bond acceptors (Lipinski definition) is 7. The molecule has 10 heteroatoms. The lowest BCUT2D eigenvalue weighted by Gasteiger charge is -2.36. The molecule has 1 saturated heterocycles. The molecule has 0 N–H and O–H groups in total. The molecule has 0 radical (unpaired) electrons. The van der Waals surface area contributed by atoms with E-state index in [1.807, 2.05) is 54.6 Å². The second-order valence-electron chi connectivity index (χ2n) is 8.95. The average molecular weight is 540 g/mol. The van der Waals surface area contributed by atoms with E-state index >= 15 is 0 Å². The summed E-state index contributed by atoms with van der Waals surface area (Å²) in [4.78, 5) is 4.76. The van der Waals surface area contributed by atoms with Gasteiger partial charge in [0, 0.05) is 55.4 Å². The van der Waals surface area contributed by atoms with Crippen LogP contribution in [0.25, 0.3) is 11.5 Å². The Kier molecular flexibility index (Phi) is 8.50. The van der Waals surface area contributed by atoms with Crippen molar-refractivity contribution in [2.24, 2.45) is 0 Å². The number of alkyl halides is 2. The van der Waals surface area contributed by atoms with E-state index in [1.54, 1.807) is 11.9 Å². The Morgan fingerprint density at radius 1 is 0.868 bits per heavy atom. The van der Waals surface area contributed by atoms with E-state index in [4.69, 9.17) is 4.42 Å². The fourth-order valence-electron chi connectivity index (χ4n) is 4.33. The van der Waals surface area contributed by atoms with Crippen molar-refractivity contribution >= 4 is 23.3 Å². The summed E-state index contributed by atoms with van der Waals surface area (Å²) in [7, 11) is 0. The first kappa shape index (κ1) is 26.1. The summed E-state index contributed by atoms with van der Waals surface area (Å²) in [5, 5.41) is 7.12. The van der Waals surface area contributed by atoms with E-state index in [-0.39, 0.29) is 11.7 Å². The van der Waals surface area contributed by atoms with Crippen LogP contribution in [0.5, 0.6) is 0 Å². The van der Waals surface area contributed by atoms with E-state index in [0.717, 1.165) is 55.4 Å². The molecule has 0 aliphatic carbocycles. The van der Waals surface area contributed by atoms with Gasteiger partial charge in [0.1, 0.15) is 5.82 Å². The first-order chi connectivity index (χ1) is 18.5. The number of nitrogens with zero attached hydrogens (tertiary/aromatic N) is 5. The highest BCUT2D eigenvalue weighted by Gasteiger charge is 2.19. The molecule has 0 amide bonds. The molecular formula is C28H28F3N5OS. The minimum atomic E-state index is -2.79. The molecule has 1 aromatic heterocycles. The van der Waals surface area contributed by atoms with Crippen LogP contribution >= 0.6 is 11.9 Å². The van der Waals surface area contributed by atoms with Gasteiger partial charge in [0.15, 0.2) is 0 Å². The largest absolute Gasteiger partial charge is 0.415 e. The Labute approximate surface area is 224 Å². The number of aromatic nitrogens is 2. The van der Waals surface area contributed by atoms with Crippen molar-refractivity contribution in [2.45, 2.75) is 13.0 Å². The number of anilines is 2. The number of benzene rings is 3. The highest BCUT2D eigenvalue weighted by Crippen LogP contribution is 2.27. The van der Waals surface area contributed by atoms with Crippen LogP contribution in [0.2, 0.25) is 0 Å².